The molecular formula is C18H20N2O5. The molecule has 0 heterocycles. The van der Waals surface area contributed by atoms with Crippen molar-refractivity contribution >= 4 is 28.8 Å². The molecule has 2 bridgehead atoms. The number of ketones is 2. The zero-order valence-corrected chi connectivity index (χ0v) is 14.4. The highest BCUT2D eigenvalue weighted by molar-refractivity contribution is 6.25. The first-order chi connectivity index (χ1) is 11.6. The Morgan fingerprint density at radius 2 is 1.80 bits per heavy atom. The Morgan fingerprint density at radius 1 is 1.20 bits per heavy atom. The molecule has 0 saturated heterocycles. The number of carbonyl (C=O) groups excluding carboxylic acids is 3. The summed E-state index contributed by atoms with van der Waals surface area (Å²) >= 11 is 0. The Labute approximate surface area is 144 Å². The van der Waals surface area contributed by atoms with Gasteiger partial charge in [0.15, 0.2) is 17.5 Å². The fourth-order valence-corrected chi connectivity index (χ4v) is 4.22. The number of rotatable bonds is 3. The van der Waals surface area contributed by atoms with E-state index in [1.807, 2.05) is 20.8 Å². The zero-order chi connectivity index (χ0) is 18.6. The second-order valence-electron chi connectivity index (χ2n) is 7.64. The summed E-state index contributed by atoms with van der Waals surface area (Å²) in [5, 5.41) is 13.2. The highest BCUT2D eigenvalue weighted by Gasteiger charge is 2.66. The smallest absolute Gasteiger partial charge is 0.269 e. The fraction of sp³-hybridized carbons (Fsp3) is 0.500. The van der Waals surface area contributed by atoms with Gasteiger partial charge in [-0.15, -0.1) is 0 Å². The monoisotopic (exact) mass is 344 g/mol. The van der Waals surface area contributed by atoms with Gasteiger partial charge in [0.1, 0.15) is 0 Å². The molecule has 0 spiro atoms. The van der Waals surface area contributed by atoms with Crippen molar-refractivity contribution in [2.75, 3.05) is 5.32 Å². The normalized spacial score (nSPS) is 30.2. The van der Waals surface area contributed by atoms with Crippen LogP contribution in [-0.4, -0.2) is 22.4 Å². The molecule has 25 heavy (non-hydrogen) atoms. The van der Waals surface area contributed by atoms with E-state index in [4.69, 9.17) is 0 Å². The first kappa shape index (κ1) is 17.3. The van der Waals surface area contributed by atoms with Crippen molar-refractivity contribution in [1.29, 1.82) is 0 Å². The van der Waals surface area contributed by atoms with E-state index >= 15 is 0 Å². The van der Waals surface area contributed by atoms with Crippen molar-refractivity contribution in [1.82, 2.24) is 0 Å². The van der Waals surface area contributed by atoms with Crippen LogP contribution in [0.5, 0.6) is 0 Å². The summed E-state index contributed by atoms with van der Waals surface area (Å²) in [4.78, 5) is 48.4. The van der Waals surface area contributed by atoms with E-state index < -0.39 is 27.6 Å². The van der Waals surface area contributed by atoms with Crippen molar-refractivity contribution in [2.45, 2.75) is 33.6 Å². The van der Waals surface area contributed by atoms with Gasteiger partial charge in [-0.3, -0.25) is 24.5 Å². The predicted molar refractivity (Wildman–Crippen MR) is 89.8 cm³/mol. The number of nitro benzene ring substituents is 1. The second-order valence-corrected chi connectivity index (χ2v) is 7.64. The van der Waals surface area contributed by atoms with Crippen LogP contribution in [0, 0.1) is 32.8 Å². The van der Waals surface area contributed by atoms with E-state index in [1.165, 1.54) is 24.3 Å². The van der Waals surface area contributed by atoms with Crippen LogP contribution in [0.15, 0.2) is 24.3 Å². The minimum atomic E-state index is -1.30. The number of carbonyl (C=O) groups is 3. The lowest BCUT2D eigenvalue weighted by atomic mass is 9.55. The summed E-state index contributed by atoms with van der Waals surface area (Å²) in [7, 11) is 0. The van der Waals surface area contributed by atoms with Gasteiger partial charge in [0.2, 0.25) is 5.91 Å². The molecule has 0 radical (unpaired) electrons. The molecule has 1 amide bonds. The first-order valence-electron chi connectivity index (χ1n) is 8.23. The SMILES string of the molecule is CC12CCC(C(=O)C(C(=O)Nc3ccc([N+](=O)[O-])cc3)C1=O)C2(C)C. The Kier molecular flexibility index (Phi) is 3.78. The Balaban J connectivity index is 1.84. The molecule has 0 aliphatic heterocycles. The van der Waals surface area contributed by atoms with Gasteiger partial charge in [0.25, 0.3) is 5.69 Å². The molecule has 2 fully saturated rings. The van der Waals surface area contributed by atoms with Gasteiger partial charge in [0, 0.05) is 29.2 Å². The molecule has 3 unspecified atom stereocenters. The predicted octanol–water partition coefficient (Wildman–Crippen LogP) is 2.74. The van der Waals surface area contributed by atoms with Crippen LogP contribution < -0.4 is 5.32 Å². The van der Waals surface area contributed by atoms with Gasteiger partial charge in [-0.05, 0) is 30.4 Å². The molecule has 1 aromatic carbocycles. The molecular weight excluding hydrogens is 324 g/mol. The molecule has 3 rings (SSSR count). The molecule has 2 aliphatic carbocycles. The summed E-state index contributed by atoms with van der Waals surface area (Å²) in [5.41, 5.74) is -0.928. The summed E-state index contributed by atoms with van der Waals surface area (Å²) in [6, 6.07) is 5.28. The van der Waals surface area contributed by atoms with Gasteiger partial charge < -0.3 is 5.32 Å². The summed E-state index contributed by atoms with van der Waals surface area (Å²) in [5.74, 6) is -2.90. The van der Waals surface area contributed by atoms with Crippen molar-refractivity contribution in [3.8, 4) is 0 Å². The molecule has 1 aromatic rings. The molecule has 0 aromatic heterocycles. The van der Waals surface area contributed by atoms with Crippen LogP contribution in [0.1, 0.15) is 33.6 Å². The van der Waals surface area contributed by atoms with Crippen molar-refractivity contribution in [3.05, 3.63) is 34.4 Å². The number of nitrogens with one attached hydrogen (secondary N) is 1. The number of fused-ring (bicyclic) bond motifs is 2. The third-order valence-electron chi connectivity index (χ3n) is 6.27. The maximum atomic E-state index is 12.9. The molecule has 7 heteroatoms. The molecule has 2 saturated carbocycles. The molecule has 7 nitrogen and oxygen atoms in total. The number of non-ortho nitro benzene ring substituents is 1. The van der Waals surface area contributed by atoms with Crippen LogP contribution >= 0.6 is 0 Å². The largest absolute Gasteiger partial charge is 0.325 e. The summed E-state index contributed by atoms with van der Waals surface area (Å²) in [6.07, 6.45) is 1.23. The lowest BCUT2D eigenvalue weighted by Gasteiger charge is -2.45. The van der Waals surface area contributed by atoms with Crippen LogP contribution in [0.4, 0.5) is 11.4 Å². The van der Waals surface area contributed by atoms with Gasteiger partial charge in [0.05, 0.1) is 4.92 Å². The van der Waals surface area contributed by atoms with E-state index in [1.54, 1.807) is 0 Å². The van der Waals surface area contributed by atoms with Crippen molar-refractivity contribution in [2.24, 2.45) is 22.7 Å². The Hall–Kier alpha value is -2.57. The summed E-state index contributed by atoms with van der Waals surface area (Å²) < 4.78 is 0. The molecule has 2 aliphatic rings. The zero-order valence-electron chi connectivity index (χ0n) is 14.4. The fourth-order valence-electron chi connectivity index (χ4n) is 4.22. The Bertz CT molecular complexity index is 783. The number of hydrogen-bond donors (Lipinski definition) is 1. The van der Waals surface area contributed by atoms with Crippen LogP contribution in [-0.2, 0) is 14.4 Å². The number of amides is 1. The number of nitro groups is 1. The standard InChI is InChI=1S/C18H20N2O5/c1-17(2)12-8-9-18(17,3)15(22)13(14(12)21)16(23)19-10-4-6-11(7-5-10)20(24)25/h4-7,12-13H,8-9H2,1-3H3,(H,19,23). The average molecular weight is 344 g/mol. The molecule has 1 N–H and O–H groups in total. The highest BCUT2D eigenvalue weighted by atomic mass is 16.6. The third kappa shape index (κ3) is 2.37. The summed E-state index contributed by atoms with van der Waals surface area (Å²) in [6.45, 7) is 5.68. The average Bonchev–Trinajstić information content (AvgIpc) is 2.71. The van der Waals surface area contributed by atoms with Gasteiger partial charge in [-0.25, -0.2) is 0 Å². The van der Waals surface area contributed by atoms with Crippen molar-refractivity contribution < 1.29 is 19.3 Å². The lowest BCUT2D eigenvalue weighted by molar-refractivity contribution is -0.384. The van der Waals surface area contributed by atoms with Gasteiger partial charge in [-0.1, -0.05) is 20.8 Å². The second kappa shape index (κ2) is 5.47. The number of benzene rings is 1. The third-order valence-corrected chi connectivity index (χ3v) is 6.27. The van der Waals surface area contributed by atoms with Gasteiger partial charge in [-0.2, -0.15) is 0 Å². The number of anilines is 1. The minimum absolute atomic E-state index is 0.102. The van der Waals surface area contributed by atoms with Crippen LogP contribution in [0.2, 0.25) is 0 Å². The van der Waals surface area contributed by atoms with E-state index in [0.29, 0.717) is 18.5 Å². The number of Topliss-reactive ketones (excluding diaryl/α,β-unsaturated/α-hetero) is 2. The minimum Gasteiger partial charge on any atom is -0.325 e. The molecule has 3 atom stereocenters. The van der Waals surface area contributed by atoms with E-state index in [2.05, 4.69) is 5.32 Å². The van der Waals surface area contributed by atoms with Gasteiger partial charge >= 0.3 is 0 Å². The topological polar surface area (TPSA) is 106 Å². The van der Waals surface area contributed by atoms with E-state index in [-0.39, 0.29) is 23.2 Å². The van der Waals surface area contributed by atoms with E-state index in [9.17, 15) is 24.5 Å². The maximum absolute atomic E-state index is 12.9. The number of nitrogens with zero attached hydrogens (tertiary/aromatic N) is 1. The van der Waals surface area contributed by atoms with Crippen molar-refractivity contribution in [3.63, 3.8) is 0 Å². The van der Waals surface area contributed by atoms with Crippen LogP contribution in [0.25, 0.3) is 0 Å². The lowest BCUT2D eigenvalue weighted by Crippen LogP contribution is -2.56. The maximum Gasteiger partial charge on any atom is 0.269 e. The number of hydrogen-bond acceptors (Lipinski definition) is 5. The highest BCUT2D eigenvalue weighted by Crippen LogP contribution is 2.61. The Morgan fingerprint density at radius 3 is 2.36 bits per heavy atom. The van der Waals surface area contributed by atoms with E-state index in [0.717, 1.165) is 0 Å². The molecule has 132 valence electrons. The quantitative estimate of drug-likeness (QED) is 0.515. The van der Waals surface area contributed by atoms with Crippen LogP contribution in [0.3, 0.4) is 0 Å². The first-order valence-corrected chi connectivity index (χ1v) is 8.23.